The molecule has 6 nitrogen and oxygen atoms in total. The molecule has 2 rings (SSSR count). The van der Waals surface area contributed by atoms with Crippen molar-refractivity contribution >= 4 is 11.6 Å². The van der Waals surface area contributed by atoms with Gasteiger partial charge in [-0.2, -0.15) is 0 Å². The van der Waals surface area contributed by atoms with Crippen molar-refractivity contribution in [1.29, 1.82) is 0 Å². The molecule has 0 spiro atoms. The van der Waals surface area contributed by atoms with E-state index in [1.807, 2.05) is 6.92 Å². The van der Waals surface area contributed by atoms with Crippen LogP contribution < -0.4 is 5.73 Å². The number of carbonyl (C=O) groups excluding carboxylic acids is 1. The van der Waals surface area contributed by atoms with Gasteiger partial charge >= 0.3 is 0 Å². The lowest BCUT2D eigenvalue weighted by Gasteiger charge is -2.15. The molecule has 1 aromatic carbocycles. The summed E-state index contributed by atoms with van der Waals surface area (Å²) in [6, 6.07) is 5.94. The van der Waals surface area contributed by atoms with Crippen LogP contribution in [-0.4, -0.2) is 34.9 Å². The van der Waals surface area contributed by atoms with Gasteiger partial charge in [0.05, 0.1) is 4.92 Å². The maximum atomic E-state index is 12.2. The quantitative estimate of drug-likeness (QED) is 0.625. The van der Waals surface area contributed by atoms with Gasteiger partial charge in [-0.15, -0.1) is 0 Å². The molecule has 2 N–H and O–H groups in total. The summed E-state index contributed by atoms with van der Waals surface area (Å²) in [6.07, 6.45) is 0. The van der Waals surface area contributed by atoms with Crippen molar-refractivity contribution in [2.75, 3.05) is 13.1 Å². The van der Waals surface area contributed by atoms with E-state index in [0.717, 1.165) is 0 Å². The number of hydrogen-bond acceptors (Lipinski definition) is 4. The minimum absolute atomic E-state index is 0.0586. The molecule has 0 radical (unpaired) electrons. The second-order valence-electron chi connectivity index (χ2n) is 4.63. The van der Waals surface area contributed by atoms with Gasteiger partial charge < -0.3 is 10.6 Å². The number of nitrogens with two attached hydrogens (primary N) is 1. The molecular formula is C12H15N3O3. The normalized spacial score (nSPS) is 23.1. The van der Waals surface area contributed by atoms with E-state index in [9.17, 15) is 14.9 Å². The molecule has 1 amide bonds. The second-order valence-corrected chi connectivity index (χ2v) is 4.63. The number of rotatable bonds is 2. The van der Waals surface area contributed by atoms with E-state index >= 15 is 0 Å². The first kappa shape index (κ1) is 12.5. The van der Waals surface area contributed by atoms with Crippen LogP contribution in [0.15, 0.2) is 24.3 Å². The van der Waals surface area contributed by atoms with Crippen LogP contribution in [0.5, 0.6) is 0 Å². The van der Waals surface area contributed by atoms with Crippen LogP contribution >= 0.6 is 0 Å². The number of benzene rings is 1. The van der Waals surface area contributed by atoms with Crippen molar-refractivity contribution in [2.45, 2.75) is 13.0 Å². The van der Waals surface area contributed by atoms with Gasteiger partial charge in [0, 0.05) is 25.2 Å². The zero-order valence-electron chi connectivity index (χ0n) is 10.1. The fourth-order valence-corrected chi connectivity index (χ4v) is 2.14. The summed E-state index contributed by atoms with van der Waals surface area (Å²) in [5.41, 5.74) is 5.83. The molecule has 0 bridgehead atoms. The van der Waals surface area contributed by atoms with E-state index in [2.05, 4.69) is 0 Å². The zero-order valence-corrected chi connectivity index (χ0v) is 10.1. The fraction of sp³-hybridized carbons (Fsp3) is 0.417. The highest BCUT2D eigenvalue weighted by molar-refractivity contribution is 5.98. The van der Waals surface area contributed by atoms with Crippen LogP contribution in [0.1, 0.15) is 17.3 Å². The summed E-state index contributed by atoms with van der Waals surface area (Å²) in [5, 5.41) is 10.9. The number of nitro groups is 1. The molecule has 1 aromatic rings. The summed E-state index contributed by atoms with van der Waals surface area (Å²) in [4.78, 5) is 24.2. The lowest BCUT2D eigenvalue weighted by atomic mass is 10.1. The van der Waals surface area contributed by atoms with Crippen LogP contribution in [0.3, 0.4) is 0 Å². The third-order valence-corrected chi connectivity index (χ3v) is 3.29. The third-order valence-electron chi connectivity index (χ3n) is 3.29. The van der Waals surface area contributed by atoms with Crippen molar-refractivity contribution in [3.8, 4) is 0 Å². The second kappa shape index (κ2) is 4.73. The first-order valence-corrected chi connectivity index (χ1v) is 5.79. The molecule has 1 aliphatic heterocycles. The standard InChI is InChI=1S/C12H15N3O3/c1-8-6-14(7-10(8)13)12(16)9-4-2-3-5-11(9)15(17)18/h2-5,8,10H,6-7,13H2,1H3. The molecule has 2 atom stereocenters. The average Bonchev–Trinajstić information content (AvgIpc) is 2.68. The van der Waals surface area contributed by atoms with Crippen molar-refractivity contribution in [2.24, 2.45) is 11.7 Å². The summed E-state index contributed by atoms with van der Waals surface area (Å²) in [6.45, 7) is 2.97. The van der Waals surface area contributed by atoms with Gasteiger partial charge in [-0.25, -0.2) is 0 Å². The van der Waals surface area contributed by atoms with Gasteiger partial charge in [0.25, 0.3) is 11.6 Å². The summed E-state index contributed by atoms with van der Waals surface area (Å²) < 4.78 is 0. The van der Waals surface area contributed by atoms with Gasteiger partial charge in [0.1, 0.15) is 5.56 Å². The number of hydrogen-bond donors (Lipinski definition) is 1. The predicted molar refractivity (Wildman–Crippen MR) is 66.1 cm³/mol. The van der Waals surface area contributed by atoms with Crippen molar-refractivity contribution in [3.05, 3.63) is 39.9 Å². The lowest BCUT2D eigenvalue weighted by molar-refractivity contribution is -0.385. The smallest absolute Gasteiger partial charge is 0.282 e. The summed E-state index contributed by atoms with van der Waals surface area (Å²) in [5.74, 6) is -0.0983. The molecule has 2 unspecified atom stereocenters. The lowest BCUT2D eigenvalue weighted by Crippen LogP contribution is -2.32. The van der Waals surface area contributed by atoms with Gasteiger partial charge in [-0.3, -0.25) is 14.9 Å². The molecule has 18 heavy (non-hydrogen) atoms. The van der Waals surface area contributed by atoms with E-state index in [0.29, 0.717) is 13.1 Å². The number of carbonyl (C=O) groups is 1. The van der Waals surface area contributed by atoms with Crippen LogP contribution in [0.2, 0.25) is 0 Å². The minimum Gasteiger partial charge on any atom is -0.337 e. The highest BCUT2D eigenvalue weighted by atomic mass is 16.6. The maximum absolute atomic E-state index is 12.2. The van der Waals surface area contributed by atoms with Gasteiger partial charge in [-0.1, -0.05) is 19.1 Å². The van der Waals surface area contributed by atoms with Crippen LogP contribution in [0, 0.1) is 16.0 Å². The van der Waals surface area contributed by atoms with Gasteiger partial charge in [-0.05, 0) is 12.0 Å². The Kier molecular flexibility index (Phi) is 3.29. The van der Waals surface area contributed by atoms with Gasteiger partial charge in [0.15, 0.2) is 0 Å². The number of likely N-dealkylation sites (tertiary alicyclic amines) is 1. The topological polar surface area (TPSA) is 89.5 Å². The Labute approximate surface area is 105 Å². The first-order chi connectivity index (χ1) is 8.50. The Balaban J connectivity index is 2.27. The number of nitro benzene ring substituents is 1. The molecule has 1 fully saturated rings. The number of nitrogens with zero attached hydrogens (tertiary/aromatic N) is 2. The SMILES string of the molecule is CC1CN(C(=O)c2ccccc2[N+](=O)[O-])CC1N. The molecule has 1 heterocycles. The zero-order chi connectivity index (χ0) is 13.3. The molecule has 1 aliphatic rings. The fourth-order valence-electron chi connectivity index (χ4n) is 2.14. The van der Waals surface area contributed by atoms with Crippen LogP contribution in [0.4, 0.5) is 5.69 Å². The Morgan fingerprint density at radius 2 is 2.11 bits per heavy atom. The Morgan fingerprint density at radius 1 is 1.44 bits per heavy atom. The first-order valence-electron chi connectivity index (χ1n) is 5.79. The summed E-state index contributed by atoms with van der Waals surface area (Å²) in [7, 11) is 0. The van der Waals surface area contributed by atoms with E-state index in [4.69, 9.17) is 5.73 Å². The van der Waals surface area contributed by atoms with E-state index in [-0.39, 0.29) is 29.1 Å². The third kappa shape index (κ3) is 2.19. The monoisotopic (exact) mass is 249 g/mol. The molecule has 0 aromatic heterocycles. The van der Waals surface area contributed by atoms with E-state index in [1.165, 1.54) is 12.1 Å². The summed E-state index contributed by atoms with van der Waals surface area (Å²) >= 11 is 0. The van der Waals surface area contributed by atoms with Crippen LogP contribution in [-0.2, 0) is 0 Å². The highest BCUT2D eigenvalue weighted by Crippen LogP contribution is 2.23. The average molecular weight is 249 g/mol. The van der Waals surface area contributed by atoms with Gasteiger partial charge in [0.2, 0.25) is 0 Å². The Hall–Kier alpha value is -1.95. The Morgan fingerprint density at radius 3 is 2.67 bits per heavy atom. The van der Waals surface area contributed by atoms with Crippen LogP contribution in [0.25, 0.3) is 0 Å². The Bertz CT molecular complexity index is 479. The van der Waals surface area contributed by atoms with Crippen molar-refractivity contribution in [3.63, 3.8) is 0 Å². The largest absolute Gasteiger partial charge is 0.337 e. The van der Waals surface area contributed by atoms with E-state index in [1.54, 1.807) is 17.0 Å². The predicted octanol–water partition coefficient (Wildman–Crippen LogP) is 1.01. The van der Waals surface area contributed by atoms with Crippen molar-refractivity contribution in [1.82, 2.24) is 4.90 Å². The molecule has 0 saturated carbocycles. The molecule has 0 aliphatic carbocycles. The molecule has 1 saturated heterocycles. The van der Waals surface area contributed by atoms with E-state index < -0.39 is 4.92 Å². The minimum atomic E-state index is -0.535. The maximum Gasteiger partial charge on any atom is 0.282 e. The highest BCUT2D eigenvalue weighted by Gasteiger charge is 2.32. The molecule has 6 heteroatoms. The van der Waals surface area contributed by atoms with Crippen molar-refractivity contribution < 1.29 is 9.72 Å². The molecular weight excluding hydrogens is 234 g/mol. The molecule has 96 valence electrons. The number of para-hydroxylation sites is 1. The number of amides is 1.